The zero-order valence-corrected chi connectivity index (χ0v) is 16.8. The Kier molecular flexibility index (Phi) is 7.45. The van der Waals surface area contributed by atoms with Gasteiger partial charge in [0.05, 0.1) is 12.2 Å². The second-order valence-corrected chi connectivity index (χ2v) is 8.19. The van der Waals surface area contributed by atoms with Gasteiger partial charge in [0.2, 0.25) is 0 Å². The fourth-order valence-electron chi connectivity index (χ4n) is 2.36. The zero-order chi connectivity index (χ0) is 17.6. The molecule has 1 aromatic heterocycles. The number of hydrogen-bond donors (Lipinski definition) is 2. The predicted molar refractivity (Wildman–Crippen MR) is 103 cm³/mol. The molecular weight excluding hydrogens is 306 g/mol. The average Bonchev–Trinajstić information content (AvgIpc) is 2.71. The number of guanidine groups is 1. The van der Waals surface area contributed by atoms with E-state index < -0.39 is 0 Å². The average molecular weight is 340 g/mol. The minimum atomic E-state index is 0.155. The molecule has 6 heteroatoms. The fraction of sp³-hybridized carbons (Fsp3) is 0.765. The minimum Gasteiger partial charge on any atom is -0.357 e. The van der Waals surface area contributed by atoms with Crippen molar-refractivity contribution >= 4 is 17.7 Å². The Labute approximate surface area is 145 Å². The Morgan fingerprint density at radius 3 is 2.52 bits per heavy atom. The van der Waals surface area contributed by atoms with Gasteiger partial charge in [0.1, 0.15) is 0 Å². The van der Waals surface area contributed by atoms with Crippen molar-refractivity contribution in [1.82, 2.24) is 20.4 Å². The molecule has 1 rings (SSSR count). The van der Waals surface area contributed by atoms with Gasteiger partial charge < -0.3 is 10.6 Å². The number of nitrogens with zero attached hydrogens (tertiary/aromatic N) is 3. The van der Waals surface area contributed by atoms with E-state index in [0.717, 1.165) is 31.2 Å². The molecule has 2 N–H and O–H groups in total. The molecule has 0 spiro atoms. The molecule has 0 aliphatic carbocycles. The highest BCUT2D eigenvalue weighted by Crippen LogP contribution is 2.21. The third-order valence-electron chi connectivity index (χ3n) is 4.07. The summed E-state index contributed by atoms with van der Waals surface area (Å²) >= 11 is 1.84. The van der Waals surface area contributed by atoms with E-state index >= 15 is 0 Å². The lowest BCUT2D eigenvalue weighted by Crippen LogP contribution is -2.43. The van der Waals surface area contributed by atoms with Crippen LogP contribution in [0, 0.1) is 13.8 Å². The summed E-state index contributed by atoms with van der Waals surface area (Å²) in [4.78, 5) is 4.74. The van der Waals surface area contributed by atoms with E-state index in [2.05, 4.69) is 63.5 Å². The molecule has 0 aromatic carbocycles. The third-order valence-corrected chi connectivity index (χ3v) is 5.30. The van der Waals surface area contributed by atoms with Crippen LogP contribution in [0.3, 0.4) is 0 Å². The highest BCUT2D eigenvalue weighted by molar-refractivity contribution is 7.99. The molecule has 23 heavy (non-hydrogen) atoms. The van der Waals surface area contributed by atoms with Crippen molar-refractivity contribution < 1.29 is 0 Å². The zero-order valence-electron chi connectivity index (χ0n) is 15.9. The van der Waals surface area contributed by atoms with Crippen molar-refractivity contribution in [3.8, 4) is 0 Å². The van der Waals surface area contributed by atoms with Crippen LogP contribution in [0.2, 0.25) is 0 Å². The van der Waals surface area contributed by atoms with E-state index in [9.17, 15) is 0 Å². The summed E-state index contributed by atoms with van der Waals surface area (Å²) in [5.74, 6) is 0.890. The molecule has 0 aliphatic rings. The summed E-state index contributed by atoms with van der Waals surface area (Å²) in [6.45, 7) is 14.6. The Morgan fingerprint density at radius 2 is 2.04 bits per heavy atom. The lowest BCUT2D eigenvalue weighted by molar-refractivity contribution is 0.630. The van der Waals surface area contributed by atoms with Gasteiger partial charge in [0.15, 0.2) is 5.96 Å². The van der Waals surface area contributed by atoms with E-state index in [1.165, 1.54) is 11.3 Å². The monoisotopic (exact) mass is 339 g/mol. The molecule has 1 heterocycles. The maximum atomic E-state index is 4.74. The molecule has 0 bridgehead atoms. The van der Waals surface area contributed by atoms with Gasteiger partial charge in [-0.05, 0) is 59.8 Å². The van der Waals surface area contributed by atoms with Crippen LogP contribution in [0.5, 0.6) is 0 Å². The van der Waals surface area contributed by atoms with Crippen molar-refractivity contribution in [1.29, 1.82) is 0 Å². The molecular formula is C17H33N5S. The summed E-state index contributed by atoms with van der Waals surface area (Å²) in [7, 11) is 2.00. The normalized spacial score (nSPS) is 14.0. The van der Waals surface area contributed by atoms with Crippen LogP contribution in [0.25, 0.3) is 0 Å². The predicted octanol–water partition coefficient (Wildman–Crippen LogP) is 2.66. The summed E-state index contributed by atoms with van der Waals surface area (Å²) in [5, 5.41) is 11.4. The molecule has 0 radical (unpaired) electrons. The number of thioether (sulfide) groups is 1. The Morgan fingerprint density at radius 1 is 1.39 bits per heavy atom. The number of aromatic nitrogens is 2. The molecule has 1 atom stereocenters. The van der Waals surface area contributed by atoms with Crippen molar-refractivity contribution in [2.45, 2.75) is 58.8 Å². The van der Waals surface area contributed by atoms with Crippen LogP contribution in [0.4, 0.5) is 0 Å². The fourth-order valence-corrected chi connectivity index (χ4v) is 2.55. The maximum absolute atomic E-state index is 4.74. The molecule has 5 nitrogen and oxygen atoms in total. The minimum absolute atomic E-state index is 0.155. The van der Waals surface area contributed by atoms with Crippen LogP contribution in [-0.4, -0.2) is 45.9 Å². The van der Waals surface area contributed by atoms with Crippen molar-refractivity contribution in [3.05, 3.63) is 17.0 Å². The first kappa shape index (κ1) is 19.9. The van der Waals surface area contributed by atoms with Crippen molar-refractivity contribution in [2.75, 3.05) is 19.3 Å². The van der Waals surface area contributed by atoms with Gasteiger partial charge >= 0.3 is 0 Å². The second-order valence-electron chi connectivity index (χ2n) is 6.68. The first-order chi connectivity index (χ1) is 10.7. The molecule has 0 fully saturated rings. The number of aryl methyl sites for hydroxylation is 2. The van der Waals surface area contributed by atoms with E-state index in [4.69, 9.17) is 4.99 Å². The summed E-state index contributed by atoms with van der Waals surface area (Å²) in [6.07, 6.45) is 3.08. The molecule has 0 saturated heterocycles. The van der Waals surface area contributed by atoms with Gasteiger partial charge in [0.25, 0.3) is 0 Å². The van der Waals surface area contributed by atoms with Crippen molar-refractivity contribution in [2.24, 2.45) is 12.0 Å². The number of hydrogen-bond acceptors (Lipinski definition) is 3. The highest BCUT2D eigenvalue weighted by Gasteiger charge is 2.17. The van der Waals surface area contributed by atoms with E-state index in [0.29, 0.717) is 6.04 Å². The Bertz CT molecular complexity index is 533. The quantitative estimate of drug-likeness (QED) is 0.592. The third kappa shape index (κ3) is 6.09. The first-order valence-corrected chi connectivity index (χ1v) is 9.51. The Hall–Kier alpha value is -1.17. The van der Waals surface area contributed by atoms with Gasteiger partial charge in [-0.15, -0.1) is 0 Å². The van der Waals surface area contributed by atoms with Gasteiger partial charge in [-0.3, -0.25) is 9.67 Å². The van der Waals surface area contributed by atoms with Crippen LogP contribution in [0.15, 0.2) is 4.99 Å². The Balaban J connectivity index is 2.74. The van der Waals surface area contributed by atoms with Crippen LogP contribution < -0.4 is 10.6 Å². The van der Waals surface area contributed by atoms with Gasteiger partial charge in [0, 0.05) is 30.1 Å². The van der Waals surface area contributed by atoms with Gasteiger partial charge in [-0.25, -0.2) is 0 Å². The largest absolute Gasteiger partial charge is 0.357 e. The van der Waals surface area contributed by atoms with Crippen LogP contribution >= 0.6 is 11.8 Å². The number of nitrogens with one attached hydrogen (secondary N) is 2. The first-order valence-electron chi connectivity index (χ1n) is 8.29. The lowest BCUT2D eigenvalue weighted by atomic mass is 10.1. The summed E-state index contributed by atoms with van der Waals surface area (Å²) in [5.41, 5.74) is 3.68. The van der Waals surface area contributed by atoms with E-state index in [-0.39, 0.29) is 4.75 Å². The topological polar surface area (TPSA) is 54.2 Å². The van der Waals surface area contributed by atoms with Crippen LogP contribution in [0.1, 0.15) is 44.6 Å². The number of rotatable bonds is 7. The second kappa shape index (κ2) is 8.62. The molecule has 0 amide bonds. The van der Waals surface area contributed by atoms with Gasteiger partial charge in [-0.1, -0.05) is 0 Å². The molecule has 1 unspecified atom stereocenters. The molecule has 0 aliphatic heterocycles. The van der Waals surface area contributed by atoms with E-state index in [1.54, 1.807) is 0 Å². The van der Waals surface area contributed by atoms with Crippen LogP contribution in [-0.2, 0) is 13.5 Å². The smallest absolute Gasteiger partial charge is 0.191 e. The SMILES string of the molecule is CCNC(=NCC(C)(C)SC)NC(C)Cc1c(C)nn(C)c1C. The maximum Gasteiger partial charge on any atom is 0.191 e. The molecule has 0 saturated carbocycles. The highest BCUT2D eigenvalue weighted by atomic mass is 32.2. The standard InChI is InChI=1S/C17H33N5S/c1-9-18-16(19-11-17(5,6)23-8)20-12(2)10-15-13(3)21-22(7)14(15)4/h12H,9-11H2,1-8H3,(H2,18,19,20). The summed E-state index contributed by atoms with van der Waals surface area (Å²) in [6, 6.07) is 0.298. The van der Waals surface area contributed by atoms with E-state index in [1.807, 2.05) is 23.5 Å². The molecule has 132 valence electrons. The lowest BCUT2D eigenvalue weighted by Gasteiger charge is -2.22. The van der Waals surface area contributed by atoms with Crippen molar-refractivity contribution in [3.63, 3.8) is 0 Å². The van der Waals surface area contributed by atoms with Gasteiger partial charge in [-0.2, -0.15) is 16.9 Å². The molecule has 1 aromatic rings. The number of aliphatic imine (C=N–C) groups is 1. The summed E-state index contributed by atoms with van der Waals surface area (Å²) < 4.78 is 2.11.